The van der Waals surface area contributed by atoms with Crippen LogP contribution in [0.4, 0.5) is 0 Å². The van der Waals surface area contributed by atoms with Gasteiger partial charge in [-0.3, -0.25) is 0 Å². The van der Waals surface area contributed by atoms with Crippen LogP contribution in [-0.2, 0) is 0 Å². The molecule has 0 aromatic heterocycles. The average molecular weight is 371 g/mol. The summed E-state index contributed by atoms with van der Waals surface area (Å²) in [5.74, 6) is 1.83. The van der Waals surface area contributed by atoms with Crippen LogP contribution >= 0.6 is 0 Å². The van der Waals surface area contributed by atoms with E-state index in [0.29, 0.717) is 17.8 Å². The highest BCUT2D eigenvalue weighted by atomic mass is 14.3. The molecule has 3 aromatic carbocycles. The van der Waals surface area contributed by atoms with Crippen LogP contribution in [0.25, 0.3) is 0 Å². The van der Waals surface area contributed by atoms with Crippen LogP contribution in [-0.4, -0.2) is 0 Å². The minimum absolute atomic E-state index is 0.586. The molecule has 0 aliphatic rings. The van der Waals surface area contributed by atoms with Crippen molar-refractivity contribution in [1.29, 1.82) is 0 Å². The molecule has 0 amide bonds. The first kappa shape index (κ1) is 20.4. The zero-order valence-electron chi connectivity index (χ0n) is 17.4. The summed E-state index contributed by atoms with van der Waals surface area (Å²) >= 11 is 0. The van der Waals surface area contributed by atoms with Gasteiger partial charge in [-0.2, -0.15) is 0 Å². The van der Waals surface area contributed by atoms with E-state index in [1.165, 1.54) is 48.8 Å². The molecular formula is C28H34. The third kappa shape index (κ3) is 5.58. The zero-order chi connectivity index (χ0) is 19.6. The third-order valence-electron chi connectivity index (χ3n) is 6.08. The third-order valence-corrected chi connectivity index (χ3v) is 6.08. The molecule has 28 heavy (non-hydrogen) atoms. The van der Waals surface area contributed by atoms with Gasteiger partial charge in [-0.25, -0.2) is 0 Å². The molecule has 0 fully saturated rings. The van der Waals surface area contributed by atoms with E-state index < -0.39 is 0 Å². The molecule has 3 aromatic rings. The van der Waals surface area contributed by atoms with Gasteiger partial charge in [0.15, 0.2) is 0 Å². The SMILES string of the molecule is CCCC(CC(CC(CC)c1ccccc1)c1ccccc1)c1ccccc1. The molecular weight excluding hydrogens is 336 g/mol. The van der Waals surface area contributed by atoms with E-state index in [4.69, 9.17) is 0 Å². The number of benzene rings is 3. The van der Waals surface area contributed by atoms with E-state index in [2.05, 4.69) is 105 Å². The summed E-state index contributed by atoms with van der Waals surface area (Å²) in [6.45, 7) is 4.65. The smallest absolute Gasteiger partial charge is 0.0150 e. The van der Waals surface area contributed by atoms with E-state index >= 15 is 0 Å². The lowest BCUT2D eigenvalue weighted by Crippen LogP contribution is -2.11. The second kappa shape index (κ2) is 10.9. The second-order valence-corrected chi connectivity index (χ2v) is 7.99. The van der Waals surface area contributed by atoms with Crippen molar-refractivity contribution >= 4 is 0 Å². The first-order valence-corrected chi connectivity index (χ1v) is 11.0. The Morgan fingerprint density at radius 2 is 0.893 bits per heavy atom. The van der Waals surface area contributed by atoms with Crippen LogP contribution in [0, 0.1) is 0 Å². The van der Waals surface area contributed by atoms with Crippen LogP contribution in [0.1, 0.15) is 80.4 Å². The predicted molar refractivity (Wildman–Crippen MR) is 122 cm³/mol. The molecule has 3 atom stereocenters. The Hall–Kier alpha value is -2.34. The Kier molecular flexibility index (Phi) is 7.91. The van der Waals surface area contributed by atoms with Crippen molar-refractivity contribution in [1.82, 2.24) is 0 Å². The molecule has 0 saturated carbocycles. The van der Waals surface area contributed by atoms with Gasteiger partial charge >= 0.3 is 0 Å². The molecule has 0 spiro atoms. The summed E-state index contributed by atoms with van der Waals surface area (Å²) in [6.07, 6.45) is 6.13. The van der Waals surface area contributed by atoms with E-state index in [0.717, 1.165) is 0 Å². The van der Waals surface area contributed by atoms with Crippen LogP contribution in [0.3, 0.4) is 0 Å². The van der Waals surface area contributed by atoms with Gasteiger partial charge < -0.3 is 0 Å². The molecule has 0 aliphatic heterocycles. The monoisotopic (exact) mass is 370 g/mol. The highest BCUT2D eigenvalue weighted by Crippen LogP contribution is 2.39. The summed E-state index contributed by atoms with van der Waals surface area (Å²) in [5, 5.41) is 0. The molecule has 3 unspecified atom stereocenters. The predicted octanol–water partition coefficient (Wildman–Crippen LogP) is 8.33. The van der Waals surface area contributed by atoms with Gasteiger partial charge in [-0.05, 0) is 60.1 Å². The van der Waals surface area contributed by atoms with Gasteiger partial charge in [-0.1, -0.05) is 111 Å². The summed E-state index contributed by atoms with van der Waals surface area (Å²) < 4.78 is 0. The number of rotatable bonds is 10. The van der Waals surface area contributed by atoms with Gasteiger partial charge in [0.05, 0.1) is 0 Å². The maximum atomic E-state index is 2.33. The van der Waals surface area contributed by atoms with Crippen molar-refractivity contribution in [3.63, 3.8) is 0 Å². The van der Waals surface area contributed by atoms with E-state index in [9.17, 15) is 0 Å². The van der Waals surface area contributed by atoms with Gasteiger partial charge in [0, 0.05) is 0 Å². The standard InChI is InChI=1S/C28H34/c1-3-14-27(25-17-10-6-11-18-25)22-28(26-19-12-7-13-20-26)21-23(4-2)24-15-8-5-9-16-24/h5-13,15-20,23,27-28H,3-4,14,21-22H2,1-2H3. The lowest BCUT2D eigenvalue weighted by molar-refractivity contribution is 0.441. The largest absolute Gasteiger partial charge is 0.0654 e. The Morgan fingerprint density at radius 1 is 0.500 bits per heavy atom. The fraction of sp³-hybridized carbons (Fsp3) is 0.357. The maximum Gasteiger partial charge on any atom is -0.0150 e. The van der Waals surface area contributed by atoms with Gasteiger partial charge in [0.25, 0.3) is 0 Å². The minimum atomic E-state index is 0.586. The van der Waals surface area contributed by atoms with Crippen molar-refractivity contribution in [3.8, 4) is 0 Å². The van der Waals surface area contributed by atoms with Crippen LogP contribution < -0.4 is 0 Å². The molecule has 0 nitrogen and oxygen atoms in total. The van der Waals surface area contributed by atoms with E-state index in [1.54, 1.807) is 0 Å². The molecule has 3 rings (SSSR count). The second-order valence-electron chi connectivity index (χ2n) is 7.99. The fourth-order valence-corrected chi connectivity index (χ4v) is 4.54. The number of hydrogen-bond donors (Lipinski definition) is 0. The highest BCUT2D eigenvalue weighted by Gasteiger charge is 2.23. The topological polar surface area (TPSA) is 0 Å². The minimum Gasteiger partial charge on any atom is -0.0654 e. The first-order chi connectivity index (χ1) is 13.8. The summed E-state index contributed by atoms with van der Waals surface area (Å²) in [7, 11) is 0. The molecule has 0 saturated heterocycles. The molecule has 146 valence electrons. The normalized spacial score (nSPS) is 14.4. The van der Waals surface area contributed by atoms with Crippen molar-refractivity contribution in [2.24, 2.45) is 0 Å². The van der Waals surface area contributed by atoms with Gasteiger partial charge in [0.1, 0.15) is 0 Å². The Balaban J connectivity index is 1.86. The maximum absolute atomic E-state index is 2.33. The van der Waals surface area contributed by atoms with Crippen LogP contribution in [0.5, 0.6) is 0 Å². The molecule has 0 N–H and O–H groups in total. The van der Waals surface area contributed by atoms with E-state index in [-0.39, 0.29) is 0 Å². The van der Waals surface area contributed by atoms with Crippen molar-refractivity contribution in [2.45, 2.75) is 63.7 Å². The number of hydrogen-bond acceptors (Lipinski definition) is 0. The van der Waals surface area contributed by atoms with Crippen LogP contribution in [0.15, 0.2) is 91.0 Å². The van der Waals surface area contributed by atoms with Gasteiger partial charge in [0.2, 0.25) is 0 Å². The van der Waals surface area contributed by atoms with E-state index in [1.807, 2.05) is 0 Å². The summed E-state index contributed by atoms with van der Waals surface area (Å²) in [6, 6.07) is 33.4. The summed E-state index contributed by atoms with van der Waals surface area (Å²) in [5.41, 5.74) is 4.48. The van der Waals surface area contributed by atoms with Crippen molar-refractivity contribution in [3.05, 3.63) is 108 Å². The average Bonchev–Trinajstić information content (AvgIpc) is 2.77. The molecule has 0 radical (unpaired) electrons. The lowest BCUT2D eigenvalue weighted by atomic mass is 9.77. The molecule has 0 heterocycles. The first-order valence-electron chi connectivity index (χ1n) is 11.0. The lowest BCUT2D eigenvalue weighted by Gasteiger charge is -2.28. The van der Waals surface area contributed by atoms with Gasteiger partial charge in [-0.15, -0.1) is 0 Å². The molecule has 0 heteroatoms. The fourth-order valence-electron chi connectivity index (χ4n) is 4.54. The summed E-state index contributed by atoms with van der Waals surface area (Å²) in [4.78, 5) is 0. The van der Waals surface area contributed by atoms with Crippen molar-refractivity contribution < 1.29 is 0 Å². The molecule has 0 aliphatic carbocycles. The van der Waals surface area contributed by atoms with Crippen LogP contribution in [0.2, 0.25) is 0 Å². The zero-order valence-corrected chi connectivity index (χ0v) is 17.4. The quantitative estimate of drug-likeness (QED) is 0.336. The Bertz CT molecular complexity index is 776. The Labute approximate surface area is 171 Å². The Morgan fingerprint density at radius 3 is 1.32 bits per heavy atom. The highest BCUT2D eigenvalue weighted by molar-refractivity contribution is 5.26. The van der Waals surface area contributed by atoms with Crippen molar-refractivity contribution in [2.75, 3.05) is 0 Å². The molecule has 0 bridgehead atoms.